The van der Waals surface area contributed by atoms with Crippen LogP contribution < -0.4 is 10.7 Å². The smallest absolute Gasteiger partial charge is 0.341 e. The lowest BCUT2D eigenvalue weighted by atomic mass is 9.80. The number of alkyl halides is 6. The molecule has 1 fully saturated rings. The van der Waals surface area contributed by atoms with Crippen molar-refractivity contribution in [3.05, 3.63) is 82.7 Å². The Labute approximate surface area is 261 Å². The van der Waals surface area contributed by atoms with Gasteiger partial charge in [0, 0.05) is 25.7 Å². The minimum absolute atomic E-state index is 0.0232. The van der Waals surface area contributed by atoms with Crippen LogP contribution in [-0.2, 0) is 36.5 Å². The van der Waals surface area contributed by atoms with Crippen molar-refractivity contribution in [2.45, 2.75) is 63.5 Å². The topological polar surface area (TPSA) is 82.5 Å². The number of aryl methyl sites for hydroxylation is 1. The number of aromatic nitrogens is 2. The molecule has 2 N–H and O–H groups in total. The van der Waals surface area contributed by atoms with E-state index in [2.05, 4.69) is 21.9 Å². The molecule has 6 rings (SSSR count). The van der Waals surface area contributed by atoms with Crippen LogP contribution in [0.5, 0.6) is 0 Å². The normalized spacial score (nSPS) is 20.7. The van der Waals surface area contributed by atoms with Crippen LogP contribution in [0.4, 0.5) is 36.8 Å². The fourth-order valence-corrected chi connectivity index (χ4v) is 6.91. The SMILES string of the molecule is O=C(Cn1nc(C(F)(F)F)cc1C(F)(F)F)N1CCC(C2Cc3ccccc3NN(C(=O)NC3CCCc4ccccc43)C2)CC1. The van der Waals surface area contributed by atoms with Gasteiger partial charge in [0.05, 0.1) is 11.7 Å². The number of benzene rings is 2. The minimum atomic E-state index is -5.11. The number of urea groups is 1. The van der Waals surface area contributed by atoms with Crippen molar-refractivity contribution in [2.24, 2.45) is 11.8 Å². The summed E-state index contributed by atoms with van der Waals surface area (Å²) in [4.78, 5) is 28.0. The van der Waals surface area contributed by atoms with Gasteiger partial charge in [-0.3, -0.25) is 14.9 Å². The first-order valence-electron chi connectivity index (χ1n) is 15.4. The molecule has 0 saturated carbocycles. The molecule has 2 unspecified atom stereocenters. The summed E-state index contributed by atoms with van der Waals surface area (Å²) in [6.45, 7) is -0.0890. The van der Waals surface area contributed by atoms with E-state index in [9.17, 15) is 35.9 Å². The number of para-hydroxylation sites is 1. The molecule has 8 nitrogen and oxygen atoms in total. The molecule has 246 valence electrons. The van der Waals surface area contributed by atoms with Gasteiger partial charge >= 0.3 is 18.4 Å². The maximum Gasteiger partial charge on any atom is 0.435 e. The lowest BCUT2D eigenvalue weighted by Gasteiger charge is -2.37. The van der Waals surface area contributed by atoms with E-state index in [1.165, 1.54) is 10.5 Å². The van der Waals surface area contributed by atoms with Crippen LogP contribution in [0.2, 0.25) is 0 Å². The van der Waals surface area contributed by atoms with Crippen molar-refractivity contribution in [3.8, 4) is 0 Å². The Bertz CT molecular complexity index is 1580. The third-order valence-electron chi connectivity index (χ3n) is 9.29. The second kappa shape index (κ2) is 12.5. The number of carbonyl (C=O) groups is 2. The third-order valence-corrected chi connectivity index (χ3v) is 9.29. The van der Waals surface area contributed by atoms with Crippen molar-refractivity contribution in [1.82, 2.24) is 25.0 Å². The largest absolute Gasteiger partial charge is 0.435 e. The third kappa shape index (κ3) is 6.80. The van der Waals surface area contributed by atoms with Gasteiger partial charge in [0.2, 0.25) is 5.91 Å². The molecule has 3 aliphatic rings. The van der Waals surface area contributed by atoms with Crippen LogP contribution in [0.25, 0.3) is 0 Å². The highest BCUT2D eigenvalue weighted by Gasteiger charge is 2.42. The van der Waals surface area contributed by atoms with Crippen molar-refractivity contribution < 1.29 is 35.9 Å². The highest BCUT2D eigenvalue weighted by molar-refractivity contribution is 5.77. The molecule has 0 spiro atoms. The number of anilines is 1. The molecule has 0 bridgehead atoms. The number of hydrogen-bond acceptors (Lipinski definition) is 4. The molecule has 1 saturated heterocycles. The first-order valence-corrected chi connectivity index (χ1v) is 15.4. The highest BCUT2D eigenvalue weighted by Crippen LogP contribution is 2.37. The lowest BCUT2D eigenvalue weighted by Crippen LogP contribution is -2.48. The Hall–Kier alpha value is -4.23. The number of hydrazine groups is 1. The van der Waals surface area contributed by atoms with Crippen molar-refractivity contribution in [3.63, 3.8) is 0 Å². The molecule has 2 aromatic carbocycles. The number of piperidine rings is 1. The molecule has 1 aliphatic carbocycles. The van der Waals surface area contributed by atoms with Crippen molar-refractivity contribution in [2.75, 3.05) is 25.1 Å². The van der Waals surface area contributed by atoms with Gasteiger partial charge in [0.15, 0.2) is 5.69 Å². The summed E-state index contributed by atoms with van der Waals surface area (Å²) in [5, 5.41) is 7.88. The number of amides is 3. The number of likely N-dealkylation sites (tertiary alicyclic amines) is 1. The van der Waals surface area contributed by atoms with E-state index in [1.807, 2.05) is 42.5 Å². The summed E-state index contributed by atoms with van der Waals surface area (Å²) in [6.07, 6.45) is -5.66. The minimum Gasteiger partial charge on any atom is -0.341 e. The summed E-state index contributed by atoms with van der Waals surface area (Å²) < 4.78 is 79.6. The van der Waals surface area contributed by atoms with E-state index in [-0.39, 0.29) is 47.7 Å². The molecule has 1 aromatic heterocycles. The predicted molar refractivity (Wildman–Crippen MR) is 156 cm³/mol. The Morgan fingerprint density at radius 3 is 2.30 bits per heavy atom. The van der Waals surface area contributed by atoms with E-state index in [4.69, 9.17) is 0 Å². The summed E-state index contributed by atoms with van der Waals surface area (Å²) in [5.41, 5.74) is 4.21. The molecule has 14 heteroatoms. The molecule has 3 heterocycles. The van der Waals surface area contributed by atoms with E-state index in [1.54, 1.807) is 5.01 Å². The number of fused-ring (bicyclic) bond motifs is 2. The van der Waals surface area contributed by atoms with Crippen LogP contribution in [0.1, 0.15) is 59.8 Å². The number of halogens is 6. The van der Waals surface area contributed by atoms with Crippen LogP contribution in [0.15, 0.2) is 54.6 Å². The molecule has 2 aliphatic heterocycles. The second-order valence-electron chi connectivity index (χ2n) is 12.2. The van der Waals surface area contributed by atoms with Gasteiger partial charge in [-0.25, -0.2) is 9.80 Å². The van der Waals surface area contributed by atoms with E-state index in [0.29, 0.717) is 25.8 Å². The van der Waals surface area contributed by atoms with Crippen LogP contribution in [0, 0.1) is 11.8 Å². The van der Waals surface area contributed by atoms with Gasteiger partial charge in [-0.2, -0.15) is 31.4 Å². The van der Waals surface area contributed by atoms with E-state index < -0.39 is 36.2 Å². The Morgan fingerprint density at radius 1 is 0.891 bits per heavy atom. The maximum absolute atomic E-state index is 13.7. The van der Waals surface area contributed by atoms with E-state index >= 15 is 0 Å². The molecule has 3 amide bonds. The highest BCUT2D eigenvalue weighted by atomic mass is 19.4. The lowest BCUT2D eigenvalue weighted by molar-refractivity contribution is -0.146. The van der Waals surface area contributed by atoms with Crippen LogP contribution in [-0.4, -0.2) is 51.3 Å². The summed E-state index contributed by atoms with van der Waals surface area (Å²) in [5.74, 6) is -0.618. The van der Waals surface area contributed by atoms with Crippen molar-refractivity contribution in [1.29, 1.82) is 0 Å². The fourth-order valence-electron chi connectivity index (χ4n) is 6.91. The molecule has 3 aromatic rings. The molecular formula is C32H34F6N6O2. The molecule has 46 heavy (non-hydrogen) atoms. The fraction of sp³-hybridized carbons (Fsp3) is 0.469. The Morgan fingerprint density at radius 2 is 1.59 bits per heavy atom. The standard InChI is InChI=1S/C32H34F6N6O2/c33-31(34,35)27-17-28(32(36,37)38)43(41-27)19-29(45)42-14-12-20(13-15-42)23-16-22-7-2-4-10-25(22)40-44(18-23)30(46)39-26-11-5-8-21-6-1-3-9-24(21)26/h1-4,6-7,9-10,17,20,23,26,40H,5,8,11-16,18-19H2,(H,39,46). The number of nitrogens with zero attached hydrogens (tertiary/aromatic N) is 4. The zero-order valence-corrected chi connectivity index (χ0v) is 24.9. The summed E-state index contributed by atoms with van der Waals surface area (Å²) in [7, 11) is 0. The summed E-state index contributed by atoms with van der Waals surface area (Å²) in [6, 6.07) is 15.4. The van der Waals surface area contributed by atoms with Gasteiger partial charge in [-0.1, -0.05) is 42.5 Å². The summed E-state index contributed by atoms with van der Waals surface area (Å²) >= 11 is 0. The number of hydrogen-bond donors (Lipinski definition) is 2. The number of nitrogens with one attached hydrogen (secondary N) is 2. The van der Waals surface area contributed by atoms with Gasteiger partial charge in [-0.15, -0.1) is 0 Å². The number of carbonyl (C=O) groups excluding carboxylic acids is 2. The van der Waals surface area contributed by atoms with Gasteiger partial charge in [-0.05, 0) is 73.1 Å². The van der Waals surface area contributed by atoms with Crippen LogP contribution in [0.3, 0.4) is 0 Å². The average molecular weight is 649 g/mol. The van der Waals surface area contributed by atoms with Gasteiger partial charge in [0.25, 0.3) is 0 Å². The zero-order valence-electron chi connectivity index (χ0n) is 24.9. The first-order chi connectivity index (χ1) is 21.9. The van der Waals surface area contributed by atoms with Crippen LogP contribution >= 0.6 is 0 Å². The monoisotopic (exact) mass is 648 g/mol. The zero-order chi connectivity index (χ0) is 32.6. The van der Waals surface area contributed by atoms with Gasteiger partial charge < -0.3 is 10.2 Å². The Balaban J connectivity index is 1.13. The van der Waals surface area contributed by atoms with Crippen molar-refractivity contribution >= 4 is 17.6 Å². The maximum atomic E-state index is 13.7. The second-order valence-corrected chi connectivity index (χ2v) is 12.2. The quantitative estimate of drug-likeness (QED) is 0.319. The Kier molecular flexibility index (Phi) is 8.64. The van der Waals surface area contributed by atoms with Gasteiger partial charge in [0.1, 0.15) is 12.2 Å². The number of rotatable bonds is 4. The van der Waals surface area contributed by atoms with E-state index in [0.717, 1.165) is 36.1 Å². The average Bonchev–Trinajstić information content (AvgIpc) is 3.37. The predicted octanol–water partition coefficient (Wildman–Crippen LogP) is 6.45. The molecular weight excluding hydrogens is 614 g/mol. The molecule has 2 atom stereocenters. The molecule has 0 radical (unpaired) electrons. The first kappa shape index (κ1) is 31.7.